The Morgan fingerprint density at radius 1 is 0.970 bits per heavy atom. The number of hydrogen-bond acceptors (Lipinski definition) is 6. The van der Waals surface area contributed by atoms with E-state index in [4.69, 9.17) is 4.42 Å². The summed E-state index contributed by atoms with van der Waals surface area (Å²) in [5.74, 6) is -2.56. The highest BCUT2D eigenvalue weighted by Crippen LogP contribution is 2.34. The van der Waals surface area contributed by atoms with Gasteiger partial charge in [-0.05, 0) is 48.4 Å². The Morgan fingerprint density at radius 2 is 1.85 bits per heavy atom. The summed E-state index contributed by atoms with van der Waals surface area (Å²) in [5.41, 5.74) is 1.59. The first-order chi connectivity index (χ1) is 16.0. The van der Waals surface area contributed by atoms with Crippen molar-refractivity contribution >= 4 is 11.4 Å². The molecule has 0 amide bonds. The third-order valence-electron chi connectivity index (χ3n) is 5.05. The van der Waals surface area contributed by atoms with Gasteiger partial charge in [0.25, 0.3) is 0 Å². The van der Waals surface area contributed by atoms with Crippen molar-refractivity contribution in [3.05, 3.63) is 89.3 Å². The molecule has 0 radical (unpaired) electrons. The number of nitrogens with zero attached hydrogens (tertiary/aromatic N) is 3. The van der Waals surface area contributed by atoms with Gasteiger partial charge in [0.05, 0.1) is 23.5 Å². The Balaban J connectivity index is 1.50. The summed E-state index contributed by atoms with van der Waals surface area (Å²) >= 11 is 0. The summed E-state index contributed by atoms with van der Waals surface area (Å²) in [5, 5.41) is 13.7. The molecule has 0 bridgehead atoms. The van der Waals surface area contributed by atoms with Crippen LogP contribution in [0.1, 0.15) is 24.1 Å². The molecule has 0 aliphatic heterocycles. The van der Waals surface area contributed by atoms with Crippen molar-refractivity contribution < 1.29 is 17.6 Å². The van der Waals surface area contributed by atoms with Crippen LogP contribution in [0.2, 0.25) is 0 Å². The number of benzene rings is 2. The van der Waals surface area contributed by atoms with Crippen LogP contribution in [0.4, 0.5) is 24.5 Å². The van der Waals surface area contributed by atoms with Crippen LogP contribution in [-0.4, -0.2) is 21.7 Å². The minimum atomic E-state index is -1.17. The van der Waals surface area contributed by atoms with Crippen molar-refractivity contribution in [2.24, 2.45) is 0 Å². The molecular formula is C24H22F3N5O. The van der Waals surface area contributed by atoms with Gasteiger partial charge < -0.3 is 15.1 Å². The number of hydrogen-bond donors (Lipinski definition) is 2. The quantitative estimate of drug-likeness (QED) is 0.340. The predicted molar refractivity (Wildman–Crippen MR) is 118 cm³/mol. The zero-order chi connectivity index (χ0) is 23.2. The standard InChI is InChI=1S/C24H22F3N5O/c1-2-15-6-9-20(19(26)13-15)30-23-17(7-8-18(25)22(23)27)24-32-31-21(33-24)14-28-12-10-16-5-3-4-11-29-16/h3-9,11,13,28,30H,2,10,12,14H2,1H3. The zero-order valence-corrected chi connectivity index (χ0v) is 17.9. The second-order valence-electron chi connectivity index (χ2n) is 7.33. The van der Waals surface area contributed by atoms with E-state index in [9.17, 15) is 13.2 Å². The highest BCUT2D eigenvalue weighted by molar-refractivity contribution is 5.77. The third kappa shape index (κ3) is 5.38. The average molecular weight is 453 g/mol. The van der Waals surface area contributed by atoms with Crippen molar-refractivity contribution in [2.45, 2.75) is 26.3 Å². The normalized spacial score (nSPS) is 11.0. The van der Waals surface area contributed by atoms with Crippen molar-refractivity contribution in [2.75, 3.05) is 11.9 Å². The minimum absolute atomic E-state index is 0.00822. The molecule has 170 valence electrons. The lowest BCUT2D eigenvalue weighted by atomic mass is 10.1. The van der Waals surface area contributed by atoms with Gasteiger partial charge in [0.1, 0.15) is 5.82 Å². The maximum absolute atomic E-state index is 14.7. The Bertz CT molecular complexity index is 1230. The first-order valence-electron chi connectivity index (χ1n) is 10.5. The summed E-state index contributed by atoms with van der Waals surface area (Å²) in [6, 6.07) is 12.5. The van der Waals surface area contributed by atoms with Gasteiger partial charge in [0.15, 0.2) is 11.6 Å². The molecule has 2 heterocycles. The minimum Gasteiger partial charge on any atom is -0.419 e. The van der Waals surface area contributed by atoms with Crippen LogP contribution in [0.25, 0.3) is 11.5 Å². The van der Waals surface area contributed by atoms with E-state index in [2.05, 4.69) is 25.8 Å². The molecule has 0 saturated heterocycles. The summed E-state index contributed by atoms with van der Waals surface area (Å²) in [7, 11) is 0. The monoisotopic (exact) mass is 453 g/mol. The number of aryl methyl sites for hydroxylation is 1. The molecular weight excluding hydrogens is 431 g/mol. The summed E-state index contributed by atoms with van der Waals surface area (Å²) < 4.78 is 48.7. The first-order valence-corrected chi connectivity index (χ1v) is 10.5. The van der Waals surface area contributed by atoms with Crippen molar-refractivity contribution in [3.63, 3.8) is 0 Å². The fourth-order valence-corrected chi connectivity index (χ4v) is 3.26. The molecule has 0 aliphatic carbocycles. The van der Waals surface area contributed by atoms with Gasteiger partial charge in [-0.15, -0.1) is 10.2 Å². The highest BCUT2D eigenvalue weighted by atomic mass is 19.2. The Kier molecular flexibility index (Phi) is 6.99. The molecule has 0 spiro atoms. The Hall–Kier alpha value is -3.72. The van der Waals surface area contributed by atoms with Gasteiger partial charge in [-0.3, -0.25) is 4.98 Å². The first kappa shape index (κ1) is 22.5. The van der Waals surface area contributed by atoms with Gasteiger partial charge in [-0.25, -0.2) is 13.2 Å². The molecule has 4 aromatic rings. The van der Waals surface area contributed by atoms with E-state index in [1.54, 1.807) is 12.3 Å². The molecule has 0 aliphatic rings. The van der Waals surface area contributed by atoms with Crippen molar-refractivity contribution in [1.82, 2.24) is 20.5 Å². The van der Waals surface area contributed by atoms with Gasteiger partial charge in [-0.1, -0.05) is 19.1 Å². The van der Waals surface area contributed by atoms with E-state index < -0.39 is 17.5 Å². The number of nitrogens with one attached hydrogen (secondary N) is 2. The molecule has 0 saturated carbocycles. The maximum atomic E-state index is 14.7. The maximum Gasteiger partial charge on any atom is 0.250 e. The van der Waals surface area contributed by atoms with Crippen molar-refractivity contribution in [3.8, 4) is 11.5 Å². The third-order valence-corrected chi connectivity index (χ3v) is 5.05. The van der Waals surface area contributed by atoms with Crippen LogP contribution >= 0.6 is 0 Å². The lowest BCUT2D eigenvalue weighted by Crippen LogP contribution is -2.17. The average Bonchev–Trinajstić information content (AvgIpc) is 3.30. The molecule has 2 aromatic carbocycles. The Morgan fingerprint density at radius 3 is 2.61 bits per heavy atom. The molecule has 6 nitrogen and oxygen atoms in total. The lowest BCUT2D eigenvalue weighted by Gasteiger charge is -2.13. The van der Waals surface area contributed by atoms with E-state index >= 15 is 0 Å². The van der Waals surface area contributed by atoms with Crippen molar-refractivity contribution in [1.29, 1.82) is 0 Å². The molecule has 9 heteroatoms. The zero-order valence-electron chi connectivity index (χ0n) is 17.9. The second kappa shape index (κ2) is 10.3. The number of aromatic nitrogens is 3. The predicted octanol–water partition coefficient (Wildman–Crippen LogP) is 5.19. The molecule has 0 fully saturated rings. The van der Waals surface area contributed by atoms with Gasteiger partial charge in [0, 0.05) is 24.9 Å². The fraction of sp³-hybridized carbons (Fsp3) is 0.208. The van der Waals surface area contributed by atoms with Crippen LogP contribution in [0, 0.1) is 17.5 Å². The second-order valence-corrected chi connectivity index (χ2v) is 7.33. The van der Waals surface area contributed by atoms with Crippen LogP contribution in [-0.2, 0) is 19.4 Å². The number of anilines is 2. The van der Waals surface area contributed by atoms with Gasteiger partial charge in [0.2, 0.25) is 11.8 Å². The van der Waals surface area contributed by atoms with Crippen LogP contribution < -0.4 is 10.6 Å². The summed E-state index contributed by atoms with van der Waals surface area (Å²) in [6.07, 6.45) is 3.11. The summed E-state index contributed by atoms with van der Waals surface area (Å²) in [6.45, 7) is 2.83. The van der Waals surface area contributed by atoms with Gasteiger partial charge >= 0.3 is 0 Å². The van der Waals surface area contributed by atoms with E-state index in [0.717, 1.165) is 23.7 Å². The molecule has 0 unspecified atom stereocenters. The molecule has 33 heavy (non-hydrogen) atoms. The topological polar surface area (TPSA) is 75.9 Å². The molecule has 0 atom stereocenters. The largest absolute Gasteiger partial charge is 0.419 e. The smallest absolute Gasteiger partial charge is 0.250 e. The highest BCUT2D eigenvalue weighted by Gasteiger charge is 2.20. The SMILES string of the molecule is CCc1ccc(Nc2c(-c3nnc(CNCCc4ccccn4)o3)ccc(F)c2F)c(F)c1. The van der Waals surface area contributed by atoms with E-state index in [0.29, 0.717) is 19.5 Å². The lowest BCUT2D eigenvalue weighted by molar-refractivity contribution is 0.477. The molecule has 2 N–H and O–H groups in total. The Labute approximate surface area is 188 Å². The number of pyridine rings is 1. The van der Waals surface area contributed by atoms with E-state index in [-0.39, 0.29) is 28.7 Å². The molecule has 4 rings (SSSR count). The fourth-order valence-electron chi connectivity index (χ4n) is 3.26. The van der Waals surface area contributed by atoms with Crippen LogP contribution in [0.15, 0.2) is 59.1 Å². The number of rotatable bonds is 9. The molecule has 2 aromatic heterocycles. The van der Waals surface area contributed by atoms with Crippen LogP contribution in [0.3, 0.4) is 0 Å². The van der Waals surface area contributed by atoms with E-state index in [1.807, 2.05) is 25.1 Å². The van der Waals surface area contributed by atoms with Gasteiger partial charge in [-0.2, -0.15) is 0 Å². The summed E-state index contributed by atoms with van der Waals surface area (Å²) in [4.78, 5) is 4.25. The number of halogens is 3. The van der Waals surface area contributed by atoms with Crippen LogP contribution in [0.5, 0.6) is 0 Å². The van der Waals surface area contributed by atoms with E-state index in [1.165, 1.54) is 18.2 Å².